The fourth-order valence-corrected chi connectivity index (χ4v) is 3.78. The molecule has 0 spiro atoms. The second kappa shape index (κ2) is 8.14. The average molecular weight is 407 g/mol. The summed E-state index contributed by atoms with van der Waals surface area (Å²) in [6, 6.07) is 11.5. The molecule has 4 nitrogen and oxygen atoms in total. The predicted molar refractivity (Wildman–Crippen MR) is 98.4 cm³/mol. The number of aromatic nitrogens is 1. The van der Waals surface area contributed by atoms with Gasteiger partial charge in [-0.05, 0) is 56.2 Å². The molecule has 24 heavy (non-hydrogen) atoms. The molecule has 1 aliphatic rings. The second-order valence-electron chi connectivity index (χ2n) is 5.73. The minimum atomic E-state index is -0.106. The fourth-order valence-electron chi connectivity index (χ4n) is 2.63. The van der Waals surface area contributed by atoms with Crippen molar-refractivity contribution in [3.8, 4) is 0 Å². The van der Waals surface area contributed by atoms with Crippen molar-refractivity contribution in [2.75, 3.05) is 6.61 Å². The molecule has 1 aliphatic heterocycles. The van der Waals surface area contributed by atoms with E-state index in [-0.39, 0.29) is 18.1 Å². The van der Waals surface area contributed by atoms with Gasteiger partial charge in [-0.1, -0.05) is 27.7 Å². The zero-order chi connectivity index (χ0) is 16.9. The number of nitrogens with zero attached hydrogens (tertiary/aromatic N) is 1. The lowest BCUT2D eigenvalue weighted by Gasteiger charge is -2.20. The van der Waals surface area contributed by atoms with E-state index in [1.165, 1.54) is 11.8 Å². The molecule has 0 bridgehead atoms. The van der Waals surface area contributed by atoms with Crippen molar-refractivity contribution in [1.29, 1.82) is 0 Å². The van der Waals surface area contributed by atoms with Gasteiger partial charge in [-0.2, -0.15) is 0 Å². The fraction of sp³-hybridized carbons (Fsp3) is 0.333. The Bertz CT molecular complexity index is 702. The Labute approximate surface area is 154 Å². The summed E-state index contributed by atoms with van der Waals surface area (Å²) in [5.74, 6) is -0.106. The minimum Gasteiger partial charge on any atom is -0.376 e. The van der Waals surface area contributed by atoms with Crippen LogP contribution in [0.3, 0.4) is 0 Å². The van der Waals surface area contributed by atoms with Crippen LogP contribution < -0.4 is 5.32 Å². The SMILES string of the molecule is CC(NC(=O)c1cccnc1Sc1ccc(Br)cc1)C1CCCO1. The number of ether oxygens (including phenoxy) is 1. The Morgan fingerprint density at radius 3 is 2.88 bits per heavy atom. The molecule has 1 amide bonds. The van der Waals surface area contributed by atoms with Crippen LogP contribution in [0, 0.1) is 0 Å². The molecule has 6 heteroatoms. The van der Waals surface area contributed by atoms with Crippen LogP contribution in [0.4, 0.5) is 0 Å². The molecule has 1 saturated heterocycles. The van der Waals surface area contributed by atoms with E-state index in [1.54, 1.807) is 12.3 Å². The van der Waals surface area contributed by atoms with Crippen LogP contribution in [0.2, 0.25) is 0 Å². The molecular weight excluding hydrogens is 388 g/mol. The van der Waals surface area contributed by atoms with Crippen molar-refractivity contribution in [1.82, 2.24) is 10.3 Å². The standard InChI is InChI=1S/C18H19BrN2O2S/c1-12(16-5-3-11-23-16)21-17(22)15-4-2-10-20-18(15)24-14-8-6-13(19)7-9-14/h2,4,6-10,12,16H,3,5,11H2,1H3,(H,21,22). The first-order valence-corrected chi connectivity index (χ1v) is 9.55. The molecule has 2 aromatic rings. The first kappa shape index (κ1) is 17.5. The highest BCUT2D eigenvalue weighted by molar-refractivity contribution is 9.10. The number of halogens is 1. The molecule has 1 fully saturated rings. The summed E-state index contributed by atoms with van der Waals surface area (Å²) in [5.41, 5.74) is 0.593. The van der Waals surface area contributed by atoms with Crippen molar-refractivity contribution in [2.24, 2.45) is 0 Å². The first-order chi connectivity index (χ1) is 11.6. The molecule has 2 heterocycles. The van der Waals surface area contributed by atoms with Crippen molar-refractivity contribution >= 4 is 33.6 Å². The number of rotatable bonds is 5. The van der Waals surface area contributed by atoms with Gasteiger partial charge in [-0.3, -0.25) is 4.79 Å². The lowest BCUT2D eigenvalue weighted by Crippen LogP contribution is -2.41. The van der Waals surface area contributed by atoms with Crippen LogP contribution in [-0.2, 0) is 4.74 Å². The minimum absolute atomic E-state index is 0.00858. The Morgan fingerprint density at radius 2 is 2.17 bits per heavy atom. The van der Waals surface area contributed by atoms with E-state index in [0.29, 0.717) is 10.6 Å². The number of pyridine rings is 1. The van der Waals surface area contributed by atoms with Crippen LogP contribution in [0.1, 0.15) is 30.1 Å². The molecule has 0 saturated carbocycles. The molecule has 1 N–H and O–H groups in total. The van der Waals surface area contributed by atoms with E-state index < -0.39 is 0 Å². The van der Waals surface area contributed by atoms with Crippen LogP contribution in [0.15, 0.2) is 57.0 Å². The molecule has 1 aromatic heterocycles. The van der Waals surface area contributed by atoms with Crippen molar-refractivity contribution in [3.05, 3.63) is 52.6 Å². The topological polar surface area (TPSA) is 51.2 Å². The summed E-state index contributed by atoms with van der Waals surface area (Å²) in [6.07, 6.45) is 3.87. The summed E-state index contributed by atoms with van der Waals surface area (Å²) in [4.78, 5) is 18.1. The van der Waals surface area contributed by atoms with Crippen LogP contribution in [0.5, 0.6) is 0 Å². The van der Waals surface area contributed by atoms with Crippen molar-refractivity contribution in [3.63, 3.8) is 0 Å². The summed E-state index contributed by atoms with van der Waals surface area (Å²) >= 11 is 4.91. The Kier molecular flexibility index (Phi) is 5.92. The van der Waals surface area contributed by atoms with Gasteiger partial charge in [0.2, 0.25) is 0 Å². The van der Waals surface area contributed by atoms with E-state index in [9.17, 15) is 4.79 Å². The number of carbonyl (C=O) groups is 1. The monoisotopic (exact) mass is 406 g/mol. The van der Waals surface area contributed by atoms with E-state index in [4.69, 9.17) is 4.74 Å². The van der Waals surface area contributed by atoms with E-state index in [1.807, 2.05) is 37.3 Å². The van der Waals surface area contributed by atoms with E-state index in [0.717, 1.165) is 28.8 Å². The van der Waals surface area contributed by atoms with Crippen LogP contribution in [-0.4, -0.2) is 29.6 Å². The zero-order valence-corrected chi connectivity index (χ0v) is 15.8. The number of hydrogen-bond donors (Lipinski definition) is 1. The number of nitrogens with one attached hydrogen (secondary N) is 1. The maximum Gasteiger partial charge on any atom is 0.254 e. The molecule has 0 radical (unpaired) electrons. The predicted octanol–water partition coefficient (Wildman–Crippen LogP) is 4.29. The summed E-state index contributed by atoms with van der Waals surface area (Å²) in [6.45, 7) is 2.77. The number of benzene rings is 1. The smallest absolute Gasteiger partial charge is 0.254 e. The normalized spacial score (nSPS) is 18.3. The lowest BCUT2D eigenvalue weighted by atomic mass is 10.1. The molecule has 1 aromatic carbocycles. The van der Waals surface area contributed by atoms with Gasteiger partial charge in [-0.25, -0.2) is 4.98 Å². The van der Waals surface area contributed by atoms with E-state index >= 15 is 0 Å². The third-order valence-corrected chi connectivity index (χ3v) is 5.48. The average Bonchev–Trinajstić information content (AvgIpc) is 3.12. The Hall–Kier alpha value is -1.37. The third kappa shape index (κ3) is 4.37. The zero-order valence-electron chi connectivity index (χ0n) is 13.4. The van der Waals surface area contributed by atoms with Crippen LogP contribution >= 0.6 is 27.7 Å². The Balaban J connectivity index is 1.73. The summed E-state index contributed by atoms with van der Waals surface area (Å²) < 4.78 is 6.67. The van der Waals surface area contributed by atoms with Gasteiger partial charge in [0.05, 0.1) is 17.7 Å². The van der Waals surface area contributed by atoms with Crippen molar-refractivity contribution in [2.45, 2.75) is 41.8 Å². The molecule has 0 aliphatic carbocycles. The summed E-state index contributed by atoms with van der Waals surface area (Å²) in [5, 5.41) is 3.75. The largest absolute Gasteiger partial charge is 0.376 e. The summed E-state index contributed by atoms with van der Waals surface area (Å²) in [7, 11) is 0. The molecule has 3 rings (SSSR count). The second-order valence-corrected chi connectivity index (χ2v) is 7.70. The molecule has 2 atom stereocenters. The van der Waals surface area contributed by atoms with Gasteiger partial charge in [0.25, 0.3) is 5.91 Å². The van der Waals surface area contributed by atoms with Gasteiger partial charge in [0, 0.05) is 22.2 Å². The number of carbonyl (C=O) groups excluding carboxylic acids is 1. The van der Waals surface area contributed by atoms with E-state index in [2.05, 4.69) is 26.2 Å². The van der Waals surface area contributed by atoms with Crippen molar-refractivity contribution < 1.29 is 9.53 Å². The molecule has 126 valence electrons. The molecular formula is C18H19BrN2O2S. The van der Waals surface area contributed by atoms with Crippen LogP contribution in [0.25, 0.3) is 0 Å². The van der Waals surface area contributed by atoms with Gasteiger partial charge < -0.3 is 10.1 Å². The van der Waals surface area contributed by atoms with Gasteiger partial charge in [-0.15, -0.1) is 0 Å². The van der Waals surface area contributed by atoms with Gasteiger partial charge in [0.15, 0.2) is 0 Å². The number of hydrogen-bond acceptors (Lipinski definition) is 4. The lowest BCUT2D eigenvalue weighted by molar-refractivity contribution is 0.0710. The van der Waals surface area contributed by atoms with Gasteiger partial charge >= 0.3 is 0 Å². The maximum absolute atomic E-state index is 12.6. The Morgan fingerprint density at radius 1 is 1.38 bits per heavy atom. The third-order valence-electron chi connectivity index (χ3n) is 3.93. The molecule has 2 unspecified atom stereocenters. The first-order valence-electron chi connectivity index (χ1n) is 7.94. The highest BCUT2D eigenvalue weighted by atomic mass is 79.9. The highest BCUT2D eigenvalue weighted by Gasteiger charge is 2.25. The quantitative estimate of drug-likeness (QED) is 0.804. The van der Waals surface area contributed by atoms with Gasteiger partial charge in [0.1, 0.15) is 5.03 Å². The highest BCUT2D eigenvalue weighted by Crippen LogP contribution is 2.29. The number of amides is 1. The maximum atomic E-state index is 12.6.